The average Bonchev–Trinajstić information content (AvgIpc) is 2.99. The van der Waals surface area contributed by atoms with Crippen molar-refractivity contribution in [3.05, 3.63) is 92.4 Å². The van der Waals surface area contributed by atoms with Crippen LogP contribution in [0, 0.1) is 13.8 Å². The topological polar surface area (TPSA) is 86.8 Å². The highest BCUT2D eigenvalue weighted by atomic mass is 35.5. The lowest BCUT2D eigenvalue weighted by Gasteiger charge is -2.34. The summed E-state index contributed by atoms with van der Waals surface area (Å²) < 4.78 is 29.2. The van der Waals surface area contributed by atoms with Crippen LogP contribution < -0.4 is 9.62 Å². The molecule has 0 radical (unpaired) electrons. The van der Waals surface area contributed by atoms with Crippen molar-refractivity contribution in [2.45, 2.75) is 82.8 Å². The van der Waals surface area contributed by atoms with Crippen LogP contribution in [0.3, 0.4) is 0 Å². The summed E-state index contributed by atoms with van der Waals surface area (Å²) in [6.45, 7) is 5.16. The molecule has 3 aromatic carbocycles. The van der Waals surface area contributed by atoms with E-state index in [-0.39, 0.29) is 23.4 Å². The smallest absolute Gasteiger partial charge is 0.264 e. The van der Waals surface area contributed by atoms with Gasteiger partial charge in [0.25, 0.3) is 10.0 Å². The summed E-state index contributed by atoms with van der Waals surface area (Å²) in [4.78, 5) is 29.5. The largest absolute Gasteiger partial charge is 0.352 e. The van der Waals surface area contributed by atoms with E-state index in [1.807, 2.05) is 26.8 Å². The molecule has 1 N–H and O–H groups in total. The van der Waals surface area contributed by atoms with E-state index in [0.717, 1.165) is 47.5 Å². The number of rotatable bonds is 11. The number of anilines is 1. The minimum atomic E-state index is -4.20. The lowest BCUT2D eigenvalue weighted by Crippen LogP contribution is -2.54. The highest BCUT2D eigenvalue weighted by Gasteiger charge is 2.34. The maximum atomic E-state index is 14.3. The second-order valence-electron chi connectivity index (χ2n) is 11.3. The van der Waals surface area contributed by atoms with Gasteiger partial charge in [-0.1, -0.05) is 73.1 Å². The molecule has 1 aliphatic rings. The van der Waals surface area contributed by atoms with Crippen molar-refractivity contribution in [2.24, 2.45) is 0 Å². The first-order valence-electron chi connectivity index (χ1n) is 14.8. The van der Waals surface area contributed by atoms with Crippen molar-refractivity contribution < 1.29 is 18.0 Å². The minimum Gasteiger partial charge on any atom is -0.352 e. The molecule has 0 unspecified atom stereocenters. The summed E-state index contributed by atoms with van der Waals surface area (Å²) >= 11 is 18.5. The number of benzene rings is 3. The number of aryl methyl sites for hydroxylation is 2. The molecule has 0 spiro atoms. The van der Waals surface area contributed by atoms with Crippen LogP contribution in [0.25, 0.3) is 0 Å². The summed E-state index contributed by atoms with van der Waals surface area (Å²) in [6, 6.07) is 15.3. The third-order valence-corrected chi connectivity index (χ3v) is 10.9. The standard InChI is InChI=1S/C33H38Cl3N3O4S/c1-4-31(33(41)37-26-8-6-5-7-9-26)38(20-24-11-17-29(35)30(36)19-24)32(40)21-39(27-14-10-22(2)23(3)18-27)44(42,43)28-15-12-25(34)13-16-28/h10-19,26,31H,4-9,20-21H2,1-3H3,(H,37,41)/t31-/m0/s1. The number of nitrogens with one attached hydrogen (secondary N) is 1. The van der Waals surface area contributed by atoms with Gasteiger partial charge in [-0.15, -0.1) is 0 Å². The Morgan fingerprint density at radius 2 is 1.57 bits per heavy atom. The van der Waals surface area contributed by atoms with Crippen molar-refractivity contribution in [1.82, 2.24) is 10.2 Å². The first-order chi connectivity index (χ1) is 20.9. The van der Waals surface area contributed by atoms with Gasteiger partial charge < -0.3 is 10.2 Å². The molecule has 1 saturated carbocycles. The van der Waals surface area contributed by atoms with Gasteiger partial charge in [0.05, 0.1) is 20.6 Å². The van der Waals surface area contributed by atoms with Gasteiger partial charge in [-0.3, -0.25) is 13.9 Å². The number of carbonyl (C=O) groups excluding carboxylic acids is 2. The molecule has 0 heterocycles. The second-order valence-corrected chi connectivity index (χ2v) is 14.4. The van der Waals surface area contributed by atoms with Crippen LogP contribution in [0.15, 0.2) is 65.6 Å². The number of hydrogen-bond acceptors (Lipinski definition) is 4. The Labute approximate surface area is 275 Å². The number of halogens is 3. The fraction of sp³-hybridized carbons (Fsp3) is 0.394. The SMILES string of the molecule is CC[C@@H](C(=O)NC1CCCCC1)N(Cc1ccc(Cl)c(Cl)c1)C(=O)CN(c1ccc(C)c(C)c1)S(=O)(=O)c1ccc(Cl)cc1. The van der Waals surface area contributed by atoms with Crippen LogP contribution in [0.2, 0.25) is 15.1 Å². The number of nitrogens with zero attached hydrogens (tertiary/aromatic N) is 2. The second kappa shape index (κ2) is 15.0. The molecule has 2 amide bonds. The van der Waals surface area contributed by atoms with Crippen LogP contribution in [-0.2, 0) is 26.2 Å². The summed E-state index contributed by atoms with van der Waals surface area (Å²) in [5.74, 6) is -0.788. The Morgan fingerprint density at radius 3 is 2.18 bits per heavy atom. The normalized spacial score (nSPS) is 14.6. The summed E-state index contributed by atoms with van der Waals surface area (Å²) in [5, 5.41) is 4.22. The van der Waals surface area contributed by atoms with Gasteiger partial charge in [0.2, 0.25) is 11.8 Å². The number of sulfonamides is 1. The fourth-order valence-corrected chi connectivity index (χ4v) is 7.29. The van der Waals surface area contributed by atoms with Gasteiger partial charge in [-0.05, 0) is 98.3 Å². The van der Waals surface area contributed by atoms with Crippen molar-refractivity contribution in [2.75, 3.05) is 10.8 Å². The van der Waals surface area contributed by atoms with E-state index in [1.165, 1.54) is 29.2 Å². The molecule has 0 saturated heterocycles. The molecule has 1 aliphatic carbocycles. The van der Waals surface area contributed by atoms with Crippen molar-refractivity contribution in [1.29, 1.82) is 0 Å². The number of carbonyl (C=O) groups is 2. The van der Waals surface area contributed by atoms with Crippen molar-refractivity contribution >= 4 is 62.3 Å². The van der Waals surface area contributed by atoms with Gasteiger partial charge in [-0.25, -0.2) is 8.42 Å². The molecule has 3 aromatic rings. The molecule has 1 fully saturated rings. The number of hydrogen-bond donors (Lipinski definition) is 1. The van der Waals surface area contributed by atoms with Crippen molar-refractivity contribution in [3.63, 3.8) is 0 Å². The van der Waals surface area contributed by atoms with E-state index in [1.54, 1.807) is 30.3 Å². The zero-order chi connectivity index (χ0) is 32.0. The third kappa shape index (κ3) is 8.27. The molecule has 4 rings (SSSR count). The molecule has 44 heavy (non-hydrogen) atoms. The van der Waals surface area contributed by atoms with E-state index < -0.39 is 28.5 Å². The van der Waals surface area contributed by atoms with E-state index in [2.05, 4.69) is 5.32 Å². The highest BCUT2D eigenvalue weighted by molar-refractivity contribution is 7.92. The maximum absolute atomic E-state index is 14.3. The lowest BCUT2D eigenvalue weighted by molar-refractivity contribution is -0.140. The molecule has 7 nitrogen and oxygen atoms in total. The van der Waals surface area contributed by atoms with Crippen LogP contribution in [0.4, 0.5) is 5.69 Å². The molecule has 1 atom stereocenters. The van der Waals surface area contributed by atoms with Crippen LogP contribution in [0.1, 0.15) is 62.1 Å². The van der Waals surface area contributed by atoms with Gasteiger partial charge in [-0.2, -0.15) is 0 Å². The zero-order valence-corrected chi connectivity index (χ0v) is 28.2. The molecule has 236 valence electrons. The first-order valence-corrected chi connectivity index (χ1v) is 17.4. The minimum absolute atomic E-state index is 0.00829. The maximum Gasteiger partial charge on any atom is 0.264 e. The van der Waals surface area contributed by atoms with E-state index in [9.17, 15) is 18.0 Å². The Bertz CT molecular complexity index is 1590. The predicted octanol–water partition coefficient (Wildman–Crippen LogP) is 7.72. The molecule has 0 aromatic heterocycles. The fourth-order valence-electron chi connectivity index (χ4n) is 5.44. The van der Waals surface area contributed by atoms with E-state index in [0.29, 0.717) is 32.7 Å². The van der Waals surface area contributed by atoms with Gasteiger partial charge in [0, 0.05) is 17.6 Å². The number of amides is 2. The van der Waals surface area contributed by atoms with Gasteiger partial charge in [0.15, 0.2) is 0 Å². The molecular weight excluding hydrogens is 641 g/mol. The van der Waals surface area contributed by atoms with Gasteiger partial charge >= 0.3 is 0 Å². The highest BCUT2D eigenvalue weighted by Crippen LogP contribution is 2.29. The van der Waals surface area contributed by atoms with Crippen LogP contribution in [-0.4, -0.2) is 43.8 Å². The Kier molecular flexibility index (Phi) is 11.6. The Morgan fingerprint density at radius 1 is 0.886 bits per heavy atom. The summed E-state index contributed by atoms with van der Waals surface area (Å²) in [7, 11) is -4.20. The van der Waals surface area contributed by atoms with Crippen LogP contribution >= 0.6 is 34.8 Å². The Hall–Kier alpha value is -2.78. The molecule has 0 bridgehead atoms. The molecule has 11 heteroatoms. The summed E-state index contributed by atoms with van der Waals surface area (Å²) in [5.41, 5.74) is 2.85. The Balaban J connectivity index is 1.74. The summed E-state index contributed by atoms with van der Waals surface area (Å²) in [6.07, 6.45) is 5.34. The third-order valence-electron chi connectivity index (χ3n) is 8.13. The quantitative estimate of drug-likeness (QED) is 0.225. The van der Waals surface area contributed by atoms with E-state index in [4.69, 9.17) is 34.8 Å². The average molecular weight is 679 g/mol. The molecular formula is C33H38Cl3N3O4S. The van der Waals surface area contributed by atoms with Crippen LogP contribution in [0.5, 0.6) is 0 Å². The van der Waals surface area contributed by atoms with E-state index >= 15 is 0 Å². The molecule has 0 aliphatic heterocycles. The predicted molar refractivity (Wildman–Crippen MR) is 178 cm³/mol. The zero-order valence-electron chi connectivity index (χ0n) is 25.2. The van der Waals surface area contributed by atoms with Crippen molar-refractivity contribution in [3.8, 4) is 0 Å². The first kappa shape index (κ1) is 34.1. The lowest BCUT2D eigenvalue weighted by atomic mass is 9.95. The van der Waals surface area contributed by atoms with Gasteiger partial charge in [0.1, 0.15) is 12.6 Å². The monoisotopic (exact) mass is 677 g/mol.